The quantitative estimate of drug-likeness (QED) is 0.764. The predicted molar refractivity (Wildman–Crippen MR) is 56.3 cm³/mol. The molecular weight excluding hydrogens is 208 g/mol. The van der Waals surface area contributed by atoms with E-state index in [2.05, 4.69) is 4.98 Å². The average molecular weight is 220 g/mol. The lowest BCUT2D eigenvalue weighted by Crippen LogP contribution is -2.07. The number of aromatic nitrogens is 1. The highest BCUT2D eigenvalue weighted by Crippen LogP contribution is 2.17. The molecule has 1 aromatic rings. The van der Waals surface area contributed by atoms with E-state index in [0.717, 1.165) is 0 Å². The SMILES string of the molecule is Cc1ccc(OCCCC#N)c(C(=O)O)n1. The van der Waals surface area contributed by atoms with Crippen molar-refractivity contribution in [3.8, 4) is 11.8 Å². The van der Waals surface area contributed by atoms with Crippen LogP contribution in [-0.2, 0) is 0 Å². The lowest BCUT2D eigenvalue weighted by Gasteiger charge is -2.07. The van der Waals surface area contributed by atoms with Gasteiger partial charge < -0.3 is 9.84 Å². The summed E-state index contributed by atoms with van der Waals surface area (Å²) in [7, 11) is 0. The Morgan fingerprint density at radius 3 is 3.00 bits per heavy atom. The standard InChI is InChI=1S/C11H12N2O3/c1-8-4-5-9(10(13-8)11(14)15)16-7-3-2-6-12/h4-5H,2-3,7H2,1H3,(H,14,15). The van der Waals surface area contributed by atoms with E-state index in [1.165, 1.54) is 0 Å². The number of carboxylic acids is 1. The van der Waals surface area contributed by atoms with E-state index < -0.39 is 5.97 Å². The van der Waals surface area contributed by atoms with Gasteiger partial charge in [-0.15, -0.1) is 0 Å². The first-order valence-corrected chi connectivity index (χ1v) is 4.86. The highest BCUT2D eigenvalue weighted by atomic mass is 16.5. The van der Waals surface area contributed by atoms with Crippen molar-refractivity contribution in [2.45, 2.75) is 19.8 Å². The Balaban J connectivity index is 2.72. The molecule has 5 heteroatoms. The van der Waals surface area contributed by atoms with Crippen molar-refractivity contribution in [3.63, 3.8) is 0 Å². The van der Waals surface area contributed by atoms with Gasteiger partial charge in [-0.3, -0.25) is 0 Å². The molecule has 0 aliphatic rings. The second-order valence-electron chi connectivity index (χ2n) is 3.21. The topological polar surface area (TPSA) is 83.2 Å². The molecule has 0 bridgehead atoms. The Bertz CT molecular complexity index is 424. The fourth-order valence-electron chi connectivity index (χ4n) is 1.15. The lowest BCUT2D eigenvalue weighted by atomic mass is 10.3. The van der Waals surface area contributed by atoms with Crippen LogP contribution >= 0.6 is 0 Å². The summed E-state index contributed by atoms with van der Waals surface area (Å²) in [5, 5.41) is 17.2. The molecule has 1 aromatic heterocycles. The van der Waals surface area contributed by atoms with Crippen LogP contribution in [0.5, 0.6) is 5.75 Å². The van der Waals surface area contributed by atoms with Gasteiger partial charge in [-0.05, 0) is 25.5 Å². The molecule has 0 amide bonds. The van der Waals surface area contributed by atoms with Crippen molar-refractivity contribution in [3.05, 3.63) is 23.5 Å². The minimum atomic E-state index is -1.11. The molecule has 1 rings (SSSR count). The summed E-state index contributed by atoms with van der Waals surface area (Å²) in [5.41, 5.74) is 0.540. The van der Waals surface area contributed by atoms with Crippen LogP contribution in [0.25, 0.3) is 0 Å². The predicted octanol–water partition coefficient (Wildman–Crippen LogP) is 1.77. The monoisotopic (exact) mass is 220 g/mol. The van der Waals surface area contributed by atoms with Gasteiger partial charge in [-0.25, -0.2) is 9.78 Å². The Kier molecular flexibility index (Phi) is 4.28. The molecule has 0 aromatic carbocycles. The molecule has 0 radical (unpaired) electrons. The molecule has 1 heterocycles. The third-order valence-corrected chi connectivity index (χ3v) is 1.89. The average Bonchev–Trinajstić information content (AvgIpc) is 2.26. The summed E-state index contributed by atoms with van der Waals surface area (Å²) < 4.78 is 5.26. The number of nitriles is 1. The summed E-state index contributed by atoms with van der Waals surface area (Å²) in [4.78, 5) is 14.7. The van der Waals surface area contributed by atoms with Gasteiger partial charge in [0.15, 0.2) is 11.4 Å². The zero-order chi connectivity index (χ0) is 12.0. The van der Waals surface area contributed by atoms with Crippen LogP contribution in [0.15, 0.2) is 12.1 Å². The molecule has 84 valence electrons. The minimum Gasteiger partial charge on any atom is -0.491 e. The van der Waals surface area contributed by atoms with E-state index in [1.807, 2.05) is 6.07 Å². The first-order valence-electron chi connectivity index (χ1n) is 4.86. The number of unbranched alkanes of at least 4 members (excludes halogenated alkanes) is 1. The Morgan fingerprint density at radius 2 is 2.38 bits per heavy atom. The van der Waals surface area contributed by atoms with Crippen molar-refractivity contribution < 1.29 is 14.6 Å². The smallest absolute Gasteiger partial charge is 0.358 e. The molecule has 0 saturated heterocycles. The maximum atomic E-state index is 10.9. The Hall–Kier alpha value is -2.09. The molecular formula is C11H12N2O3. The fourth-order valence-corrected chi connectivity index (χ4v) is 1.15. The van der Waals surface area contributed by atoms with E-state index in [-0.39, 0.29) is 11.4 Å². The van der Waals surface area contributed by atoms with Crippen LogP contribution in [-0.4, -0.2) is 22.7 Å². The van der Waals surface area contributed by atoms with Gasteiger partial charge in [0.25, 0.3) is 0 Å². The molecule has 0 fully saturated rings. The highest BCUT2D eigenvalue weighted by Gasteiger charge is 2.13. The third-order valence-electron chi connectivity index (χ3n) is 1.89. The number of nitrogens with zero attached hydrogens (tertiary/aromatic N) is 2. The van der Waals surface area contributed by atoms with Crippen LogP contribution in [0.1, 0.15) is 29.0 Å². The number of rotatable bonds is 5. The van der Waals surface area contributed by atoms with Gasteiger partial charge >= 0.3 is 5.97 Å². The number of pyridine rings is 1. The summed E-state index contributed by atoms with van der Waals surface area (Å²) >= 11 is 0. The third kappa shape index (κ3) is 3.24. The van der Waals surface area contributed by atoms with Gasteiger partial charge in [0.2, 0.25) is 0 Å². The van der Waals surface area contributed by atoms with E-state index in [9.17, 15) is 4.79 Å². The maximum Gasteiger partial charge on any atom is 0.358 e. The van der Waals surface area contributed by atoms with Crippen molar-refractivity contribution in [2.24, 2.45) is 0 Å². The van der Waals surface area contributed by atoms with Gasteiger partial charge in [0.1, 0.15) is 0 Å². The first-order chi connectivity index (χ1) is 7.65. The fraction of sp³-hybridized carbons (Fsp3) is 0.364. The van der Waals surface area contributed by atoms with E-state index in [0.29, 0.717) is 25.1 Å². The maximum absolute atomic E-state index is 10.9. The summed E-state index contributed by atoms with van der Waals surface area (Å²) in [6, 6.07) is 5.26. The number of aryl methyl sites for hydroxylation is 1. The molecule has 0 saturated carbocycles. The first kappa shape index (κ1) is 12.0. The number of hydrogen-bond donors (Lipinski definition) is 1. The minimum absolute atomic E-state index is 0.0862. The van der Waals surface area contributed by atoms with Crippen LogP contribution in [0.4, 0.5) is 0 Å². The van der Waals surface area contributed by atoms with E-state index in [4.69, 9.17) is 15.1 Å². The number of carbonyl (C=O) groups is 1. The highest BCUT2D eigenvalue weighted by molar-refractivity contribution is 5.88. The van der Waals surface area contributed by atoms with Crippen LogP contribution in [0.2, 0.25) is 0 Å². The molecule has 16 heavy (non-hydrogen) atoms. The van der Waals surface area contributed by atoms with Crippen molar-refractivity contribution in [1.82, 2.24) is 4.98 Å². The van der Waals surface area contributed by atoms with Crippen molar-refractivity contribution >= 4 is 5.97 Å². The summed E-state index contributed by atoms with van der Waals surface area (Å²) in [6.45, 7) is 2.03. The van der Waals surface area contributed by atoms with Crippen molar-refractivity contribution in [2.75, 3.05) is 6.61 Å². The second-order valence-corrected chi connectivity index (χ2v) is 3.21. The molecule has 5 nitrogen and oxygen atoms in total. The number of carboxylic acid groups (broad SMARTS) is 1. The molecule has 0 aliphatic carbocycles. The number of hydrogen-bond acceptors (Lipinski definition) is 4. The van der Waals surface area contributed by atoms with Gasteiger partial charge in [0.05, 0.1) is 12.7 Å². The molecule has 0 atom stereocenters. The van der Waals surface area contributed by atoms with Crippen LogP contribution in [0, 0.1) is 18.3 Å². The van der Waals surface area contributed by atoms with Crippen LogP contribution in [0.3, 0.4) is 0 Å². The van der Waals surface area contributed by atoms with E-state index in [1.54, 1.807) is 19.1 Å². The second kappa shape index (κ2) is 5.71. The zero-order valence-electron chi connectivity index (χ0n) is 8.93. The number of ether oxygens (including phenoxy) is 1. The largest absolute Gasteiger partial charge is 0.491 e. The van der Waals surface area contributed by atoms with Gasteiger partial charge in [-0.2, -0.15) is 5.26 Å². The molecule has 0 unspecified atom stereocenters. The summed E-state index contributed by atoms with van der Waals surface area (Å²) in [6.07, 6.45) is 0.963. The van der Waals surface area contributed by atoms with Crippen LogP contribution < -0.4 is 4.74 Å². The van der Waals surface area contributed by atoms with Gasteiger partial charge in [0, 0.05) is 12.1 Å². The zero-order valence-corrected chi connectivity index (χ0v) is 8.93. The van der Waals surface area contributed by atoms with Crippen molar-refractivity contribution in [1.29, 1.82) is 5.26 Å². The van der Waals surface area contributed by atoms with E-state index >= 15 is 0 Å². The lowest BCUT2D eigenvalue weighted by molar-refractivity contribution is 0.0685. The summed E-state index contributed by atoms with van der Waals surface area (Å²) in [5.74, 6) is -0.866. The number of aromatic carboxylic acids is 1. The molecule has 1 N–H and O–H groups in total. The Morgan fingerprint density at radius 1 is 1.62 bits per heavy atom. The molecule has 0 aliphatic heterocycles. The Labute approximate surface area is 93.3 Å². The molecule has 0 spiro atoms. The normalized spacial score (nSPS) is 9.50. The van der Waals surface area contributed by atoms with Gasteiger partial charge in [-0.1, -0.05) is 0 Å².